The molecule has 82 heavy (non-hydrogen) atoms. The first-order chi connectivity index (χ1) is 38.9. The number of aliphatic hydroxyl groups is 8. The molecule has 0 aliphatic carbocycles. The number of phenolic OH excluding ortho intramolecular Hbond substituents is 1. The lowest BCUT2D eigenvalue weighted by Crippen LogP contribution is -2.64. The van der Waals surface area contributed by atoms with Crippen LogP contribution in [0.3, 0.4) is 0 Å². The summed E-state index contributed by atoms with van der Waals surface area (Å²) in [6.45, 7) is 5.03. The molecule has 4 aromatic carbocycles. The molecule has 3 saturated heterocycles. The molecule has 3 heterocycles. The highest BCUT2D eigenvalue weighted by Gasteiger charge is 2.50. The molecule has 14 N–H and O–H groups in total. The van der Waals surface area contributed by atoms with E-state index in [1.807, 2.05) is 55.5 Å². The third-order valence-corrected chi connectivity index (χ3v) is 14.6. The molecule has 7 amide bonds. The largest absolute Gasteiger partial charge is 0.508 e. The predicted octanol–water partition coefficient (Wildman–Crippen LogP) is -1.97. The number of hydrogen-bond donors (Lipinski definition) is 14. The van der Waals surface area contributed by atoms with Crippen LogP contribution in [0.5, 0.6) is 11.5 Å². The monoisotopic (exact) mass is 1140 g/mol. The van der Waals surface area contributed by atoms with Gasteiger partial charge in [-0.2, -0.15) is 0 Å². The van der Waals surface area contributed by atoms with Crippen LogP contribution in [0.4, 0.5) is 0 Å². The van der Waals surface area contributed by atoms with E-state index in [1.54, 1.807) is 12.1 Å². The Hall–Kier alpha value is -7.99. The number of aliphatic hydroxyl groups excluding tert-OH is 8. The third-order valence-electron chi connectivity index (χ3n) is 14.6. The molecule has 6 unspecified atom stereocenters. The lowest BCUT2D eigenvalue weighted by atomic mass is 9.96. The van der Waals surface area contributed by atoms with Gasteiger partial charge in [0.05, 0.1) is 31.0 Å². The molecule has 24 heteroatoms. The molecule has 15 atom stereocenters. The van der Waals surface area contributed by atoms with Gasteiger partial charge in [-0.3, -0.25) is 33.6 Å². The summed E-state index contributed by atoms with van der Waals surface area (Å²) in [6, 6.07) is 14.1. The third kappa shape index (κ3) is 14.7. The number of nitrogens with zero attached hydrogens (tertiary/aromatic N) is 2. The van der Waals surface area contributed by atoms with Gasteiger partial charge in [-0.15, -0.1) is 0 Å². The second-order valence-electron chi connectivity index (χ2n) is 20.8. The maximum atomic E-state index is 14.5. The van der Waals surface area contributed by atoms with Gasteiger partial charge in [0, 0.05) is 48.5 Å². The van der Waals surface area contributed by atoms with Crippen LogP contribution in [-0.2, 0) is 28.8 Å². The number of fused-ring (bicyclic) bond motifs is 2. The number of amides is 7. The Bertz CT molecular complexity index is 2990. The minimum absolute atomic E-state index is 0.0000669. The highest BCUT2D eigenvalue weighted by Crippen LogP contribution is 2.29. The summed E-state index contributed by atoms with van der Waals surface area (Å²) in [6.07, 6.45) is -15.6. The second kappa shape index (κ2) is 27.2. The van der Waals surface area contributed by atoms with E-state index in [0.29, 0.717) is 12.2 Å². The van der Waals surface area contributed by atoms with Crippen molar-refractivity contribution in [1.82, 2.24) is 36.4 Å². The van der Waals surface area contributed by atoms with Crippen LogP contribution in [0.2, 0.25) is 0 Å². The number of carbonyl (C=O) groups is 7. The Labute approximate surface area is 472 Å². The predicted molar refractivity (Wildman–Crippen MR) is 291 cm³/mol. The van der Waals surface area contributed by atoms with E-state index in [9.17, 15) is 79.5 Å². The maximum Gasteiger partial charge on any atom is 0.251 e. The zero-order valence-electron chi connectivity index (χ0n) is 45.3. The van der Waals surface area contributed by atoms with Gasteiger partial charge in [0.25, 0.3) is 5.91 Å². The lowest BCUT2D eigenvalue weighted by Gasteiger charge is -2.34. The molecule has 438 valence electrons. The Kier molecular flexibility index (Phi) is 20.4. The van der Waals surface area contributed by atoms with Gasteiger partial charge >= 0.3 is 0 Å². The van der Waals surface area contributed by atoms with Crippen LogP contribution < -0.4 is 31.3 Å². The fourth-order valence-electron chi connectivity index (χ4n) is 9.86. The summed E-state index contributed by atoms with van der Waals surface area (Å²) in [5.74, 6) is -2.64. The first kappa shape index (κ1) is 61.6. The summed E-state index contributed by atoms with van der Waals surface area (Å²) in [5.41, 5.74) is 2.91. The van der Waals surface area contributed by atoms with Crippen LogP contribution in [0, 0.1) is 17.8 Å². The van der Waals surface area contributed by atoms with Crippen molar-refractivity contribution in [3.05, 3.63) is 119 Å². The summed E-state index contributed by atoms with van der Waals surface area (Å²) in [7, 11) is 0. The van der Waals surface area contributed by atoms with Crippen LogP contribution >= 0.6 is 0 Å². The summed E-state index contributed by atoms with van der Waals surface area (Å²) in [4.78, 5) is 102. The van der Waals surface area contributed by atoms with Crippen molar-refractivity contribution >= 4 is 41.4 Å². The molecule has 24 nitrogen and oxygen atoms in total. The summed E-state index contributed by atoms with van der Waals surface area (Å²) in [5, 5.41) is 111. The Balaban J connectivity index is 1.18. The van der Waals surface area contributed by atoms with E-state index in [1.165, 1.54) is 31.2 Å². The molecule has 0 saturated carbocycles. The van der Waals surface area contributed by atoms with E-state index in [4.69, 9.17) is 4.74 Å². The first-order valence-corrected chi connectivity index (χ1v) is 26.8. The van der Waals surface area contributed by atoms with Crippen molar-refractivity contribution in [2.75, 3.05) is 19.7 Å². The highest BCUT2D eigenvalue weighted by atomic mass is 16.5. The highest BCUT2D eigenvalue weighted by molar-refractivity contribution is 6.00. The first-order valence-electron chi connectivity index (χ1n) is 26.8. The quantitative estimate of drug-likeness (QED) is 0.0724. The van der Waals surface area contributed by atoms with E-state index in [0.717, 1.165) is 64.6 Å². The number of hydrogen-bond acceptors (Lipinski definition) is 17. The average Bonchev–Trinajstić information content (AvgIpc) is 4.22. The van der Waals surface area contributed by atoms with Crippen molar-refractivity contribution in [2.24, 2.45) is 5.92 Å². The molecule has 0 radical (unpaired) electrons. The molecular weight excluding hydrogens is 1070 g/mol. The summed E-state index contributed by atoms with van der Waals surface area (Å²) >= 11 is 0. The van der Waals surface area contributed by atoms with Gasteiger partial charge < -0.3 is 87.1 Å². The summed E-state index contributed by atoms with van der Waals surface area (Å²) < 4.78 is 5.63. The number of benzene rings is 4. The Morgan fingerprint density at radius 1 is 0.646 bits per heavy atom. The number of rotatable bonds is 11. The number of carbonyl (C=O) groups excluding carboxylic acids is 7. The van der Waals surface area contributed by atoms with Crippen LogP contribution in [0.25, 0.3) is 11.1 Å². The molecule has 3 aliphatic rings. The fourth-order valence-corrected chi connectivity index (χ4v) is 9.86. The van der Waals surface area contributed by atoms with Crippen molar-refractivity contribution in [3.63, 3.8) is 0 Å². The van der Waals surface area contributed by atoms with Gasteiger partial charge in [0.15, 0.2) is 6.23 Å². The zero-order chi connectivity index (χ0) is 59.7. The van der Waals surface area contributed by atoms with E-state index >= 15 is 0 Å². The number of aromatic hydroxyl groups is 1. The molecule has 0 aromatic heterocycles. The van der Waals surface area contributed by atoms with Crippen LogP contribution in [-0.4, -0.2) is 196 Å². The molecule has 4 aromatic rings. The Morgan fingerprint density at radius 2 is 1.18 bits per heavy atom. The van der Waals surface area contributed by atoms with Gasteiger partial charge in [-0.25, -0.2) is 0 Å². The van der Waals surface area contributed by atoms with Gasteiger partial charge in [-0.05, 0) is 97.6 Å². The van der Waals surface area contributed by atoms with Crippen molar-refractivity contribution in [3.8, 4) is 34.5 Å². The Morgan fingerprint density at radius 3 is 1.76 bits per heavy atom. The second-order valence-corrected chi connectivity index (χ2v) is 20.8. The number of nitrogens with one attached hydrogen (secondary N) is 5. The molecule has 7 rings (SSSR count). The number of ether oxygens (including phenoxy) is 1. The zero-order valence-corrected chi connectivity index (χ0v) is 45.3. The SMILES string of the molecule is CCCOc1ccc(C#Cc2ccc(-c3ccc(C(=O)NC4C[C@@H](O)[C@H](O)NC(=O)[C@@H]5C(C)[C@@H](O)CN5C(=O)C(C(C)O)NC(=O)[C@H](C(O)[C@@H](O)c5ccc(O)cc5)NC(=O)[C@@H]5C[C@@H](O)CN5C(=O)[C@H](C(C)O)NC4=O)cc3)cc2)cc1. The van der Waals surface area contributed by atoms with Crippen molar-refractivity contribution in [2.45, 2.75) is 132 Å². The molecular formula is C58H69N7O17. The minimum atomic E-state index is -2.30. The average molecular weight is 1140 g/mol. The standard InChI is InChI=1S/C58H69N7O17/c1-5-24-82-40-22-10-33(11-23-40)7-6-32-8-12-34(13-9-32)35-14-16-37(17-15-35)51(74)59-41-26-43(70)54(77)63-56(79)48-29(2)44(71)28-65(48)58(81)46(31(4)67)61-55(78)47(50(73)49(72)36-18-20-38(68)21-19-36)62-53(76)42-25-39(69)27-64(42)57(80)45(30(3)66)60-52(41)75/h8-23,29-31,39,41-50,54,66-73,77H,5,24-28H2,1-4H3,(H,59,74)(H,60,75)(H,61,78)(H,62,76)(H,63,79)/t29?,30?,31?,39-,41?,42+,43-,44+,45+,46?,47+,48+,49+,50?,54+/m1/s1. The lowest BCUT2D eigenvalue weighted by molar-refractivity contribution is -0.148. The molecule has 0 spiro atoms. The van der Waals surface area contributed by atoms with Crippen molar-refractivity contribution < 1.29 is 84.3 Å². The van der Waals surface area contributed by atoms with Gasteiger partial charge in [-0.1, -0.05) is 62.1 Å². The molecule has 3 aliphatic heterocycles. The van der Waals surface area contributed by atoms with Gasteiger partial charge in [0.2, 0.25) is 35.4 Å². The van der Waals surface area contributed by atoms with Crippen LogP contribution in [0.15, 0.2) is 97.1 Å². The smallest absolute Gasteiger partial charge is 0.251 e. The topological polar surface area (TPSA) is 377 Å². The molecule has 3 fully saturated rings. The normalized spacial score (nSPS) is 27.3. The fraction of sp³-hybridized carbons (Fsp3) is 0.431. The molecule has 0 bridgehead atoms. The maximum absolute atomic E-state index is 14.5. The van der Waals surface area contributed by atoms with E-state index < -0.39 is 158 Å². The van der Waals surface area contributed by atoms with Crippen LogP contribution in [0.1, 0.15) is 80.1 Å². The van der Waals surface area contributed by atoms with Crippen molar-refractivity contribution in [1.29, 1.82) is 0 Å². The number of phenols is 1. The van der Waals surface area contributed by atoms with E-state index in [2.05, 4.69) is 38.4 Å². The van der Waals surface area contributed by atoms with E-state index in [-0.39, 0.29) is 16.9 Å². The van der Waals surface area contributed by atoms with Gasteiger partial charge in [0.1, 0.15) is 66.1 Å². The minimum Gasteiger partial charge on any atom is -0.508 e.